The SMILES string of the molecule is CCCCCC(CCC)C(=O)Oc1ccccc1OC(=O)CCCC. The highest BCUT2D eigenvalue weighted by atomic mass is 16.6. The lowest BCUT2D eigenvalue weighted by Crippen LogP contribution is -2.21. The van der Waals surface area contributed by atoms with Crippen LogP contribution in [-0.2, 0) is 9.59 Å². The summed E-state index contributed by atoms with van der Waals surface area (Å²) in [5, 5.41) is 0. The van der Waals surface area contributed by atoms with E-state index in [1.165, 1.54) is 0 Å². The molecule has 140 valence electrons. The summed E-state index contributed by atoms with van der Waals surface area (Å²) >= 11 is 0. The van der Waals surface area contributed by atoms with Crippen molar-refractivity contribution in [1.29, 1.82) is 0 Å². The topological polar surface area (TPSA) is 52.6 Å². The van der Waals surface area contributed by atoms with Crippen molar-refractivity contribution in [3.8, 4) is 11.5 Å². The van der Waals surface area contributed by atoms with Gasteiger partial charge in [-0.05, 0) is 31.4 Å². The zero-order chi connectivity index (χ0) is 18.5. The first-order valence-corrected chi connectivity index (χ1v) is 9.63. The second kappa shape index (κ2) is 12.5. The predicted molar refractivity (Wildman–Crippen MR) is 99.8 cm³/mol. The lowest BCUT2D eigenvalue weighted by atomic mass is 9.97. The number of hydrogen-bond acceptors (Lipinski definition) is 4. The Bertz CT molecular complexity index is 524. The molecule has 0 heterocycles. The molecule has 4 heteroatoms. The largest absolute Gasteiger partial charge is 0.423 e. The van der Waals surface area contributed by atoms with Crippen molar-refractivity contribution in [1.82, 2.24) is 0 Å². The van der Waals surface area contributed by atoms with Crippen LogP contribution in [0.3, 0.4) is 0 Å². The fraction of sp³-hybridized carbons (Fsp3) is 0.619. The van der Waals surface area contributed by atoms with Gasteiger partial charge in [0, 0.05) is 6.42 Å². The Morgan fingerprint density at radius 1 is 0.840 bits per heavy atom. The van der Waals surface area contributed by atoms with Gasteiger partial charge in [-0.1, -0.05) is 65.0 Å². The van der Waals surface area contributed by atoms with Crippen molar-refractivity contribution in [2.24, 2.45) is 5.92 Å². The van der Waals surface area contributed by atoms with Crippen LogP contribution in [0.15, 0.2) is 24.3 Å². The van der Waals surface area contributed by atoms with Crippen molar-refractivity contribution in [2.75, 3.05) is 0 Å². The van der Waals surface area contributed by atoms with Gasteiger partial charge in [0.25, 0.3) is 0 Å². The summed E-state index contributed by atoms with van der Waals surface area (Å²) in [6.45, 7) is 6.25. The fourth-order valence-electron chi connectivity index (χ4n) is 2.67. The quantitative estimate of drug-likeness (QED) is 0.277. The molecule has 0 aliphatic rings. The molecule has 1 rings (SSSR count). The third kappa shape index (κ3) is 8.19. The predicted octanol–water partition coefficient (Wildman–Crippen LogP) is 5.68. The highest BCUT2D eigenvalue weighted by molar-refractivity contribution is 5.77. The molecule has 1 aromatic carbocycles. The molecule has 1 aromatic rings. The van der Waals surface area contributed by atoms with Crippen LogP contribution in [0.2, 0.25) is 0 Å². The Hall–Kier alpha value is -1.84. The zero-order valence-electron chi connectivity index (χ0n) is 15.9. The van der Waals surface area contributed by atoms with E-state index >= 15 is 0 Å². The minimum Gasteiger partial charge on any atom is -0.423 e. The number of benzene rings is 1. The van der Waals surface area contributed by atoms with E-state index in [9.17, 15) is 9.59 Å². The van der Waals surface area contributed by atoms with Crippen molar-refractivity contribution < 1.29 is 19.1 Å². The maximum Gasteiger partial charge on any atom is 0.314 e. The molecule has 4 nitrogen and oxygen atoms in total. The normalized spacial score (nSPS) is 11.8. The van der Waals surface area contributed by atoms with Crippen LogP contribution in [0.5, 0.6) is 11.5 Å². The van der Waals surface area contributed by atoms with E-state index in [-0.39, 0.29) is 17.9 Å². The highest BCUT2D eigenvalue weighted by Gasteiger charge is 2.21. The summed E-state index contributed by atoms with van der Waals surface area (Å²) in [7, 11) is 0. The first kappa shape index (κ1) is 21.2. The Kier molecular flexibility index (Phi) is 10.6. The van der Waals surface area contributed by atoms with Gasteiger partial charge in [-0.25, -0.2) is 0 Å². The number of para-hydroxylation sites is 2. The highest BCUT2D eigenvalue weighted by Crippen LogP contribution is 2.29. The Morgan fingerprint density at radius 3 is 2.08 bits per heavy atom. The molecule has 0 bridgehead atoms. The number of rotatable bonds is 12. The summed E-state index contributed by atoms with van der Waals surface area (Å²) in [5.41, 5.74) is 0. The van der Waals surface area contributed by atoms with Crippen molar-refractivity contribution in [2.45, 2.75) is 78.6 Å². The molecular formula is C21H32O4. The maximum absolute atomic E-state index is 12.5. The first-order chi connectivity index (χ1) is 12.1. The van der Waals surface area contributed by atoms with Crippen LogP contribution in [-0.4, -0.2) is 11.9 Å². The van der Waals surface area contributed by atoms with Gasteiger partial charge in [-0.15, -0.1) is 0 Å². The summed E-state index contributed by atoms with van der Waals surface area (Å²) in [4.78, 5) is 24.4. The average molecular weight is 348 g/mol. The van der Waals surface area contributed by atoms with Gasteiger partial charge in [-0.2, -0.15) is 0 Å². The van der Waals surface area contributed by atoms with Gasteiger partial charge in [0.15, 0.2) is 11.5 Å². The van der Waals surface area contributed by atoms with Crippen molar-refractivity contribution in [3.63, 3.8) is 0 Å². The smallest absolute Gasteiger partial charge is 0.314 e. The molecule has 1 atom stereocenters. The molecule has 0 aliphatic heterocycles. The second-order valence-corrected chi connectivity index (χ2v) is 6.43. The Balaban J connectivity index is 2.72. The van der Waals surface area contributed by atoms with Crippen LogP contribution >= 0.6 is 0 Å². The maximum atomic E-state index is 12.5. The Labute approximate surface area is 151 Å². The molecule has 25 heavy (non-hydrogen) atoms. The average Bonchev–Trinajstić information content (AvgIpc) is 2.61. The van der Waals surface area contributed by atoms with Crippen LogP contribution in [0.1, 0.15) is 78.6 Å². The number of hydrogen-bond donors (Lipinski definition) is 0. The lowest BCUT2D eigenvalue weighted by molar-refractivity contribution is -0.140. The molecule has 0 radical (unpaired) electrons. The van der Waals surface area contributed by atoms with Gasteiger partial charge >= 0.3 is 11.9 Å². The fourth-order valence-corrected chi connectivity index (χ4v) is 2.67. The summed E-state index contributed by atoms with van der Waals surface area (Å²) in [5.74, 6) is 0.0310. The number of ether oxygens (including phenoxy) is 2. The number of esters is 2. The minimum absolute atomic E-state index is 0.0969. The van der Waals surface area contributed by atoms with E-state index in [4.69, 9.17) is 9.47 Å². The van der Waals surface area contributed by atoms with E-state index in [1.54, 1.807) is 24.3 Å². The number of unbranched alkanes of at least 4 members (excludes halogenated alkanes) is 3. The molecule has 0 saturated carbocycles. The van der Waals surface area contributed by atoms with Crippen molar-refractivity contribution in [3.05, 3.63) is 24.3 Å². The molecule has 0 saturated heterocycles. The molecular weight excluding hydrogens is 316 g/mol. The van der Waals surface area contributed by atoms with Gasteiger partial charge in [0.2, 0.25) is 0 Å². The lowest BCUT2D eigenvalue weighted by Gasteiger charge is -2.16. The van der Waals surface area contributed by atoms with E-state index < -0.39 is 0 Å². The van der Waals surface area contributed by atoms with Crippen molar-refractivity contribution >= 4 is 11.9 Å². The van der Waals surface area contributed by atoms with Crippen LogP contribution in [0.25, 0.3) is 0 Å². The van der Waals surface area contributed by atoms with Crippen LogP contribution in [0.4, 0.5) is 0 Å². The van der Waals surface area contributed by atoms with Gasteiger partial charge in [0.1, 0.15) is 0 Å². The summed E-state index contributed by atoms with van der Waals surface area (Å²) in [6.07, 6.45) is 7.99. The molecule has 0 amide bonds. The molecule has 0 aliphatic carbocycles. The van der Waals surface area contributed by atoms with E-state index in [2.05, 4.69) is 13.8 Å². The molecule has 1 unspecified atom stereocenters. The summed E-state index contributed by atoms with van der Waals surface area (Å²) < 4.78 is 11.0. The van der Waals surface area contributed by atoms with E-state index in [0.29, 0.717) is 17.9 Å². The van der Waals surface area contributed by atoms with Gasteiger partial charge in [-0.3, -0.25) is 9.59 Å². The molecule has 0 fully saturated rings. The molecule has 0 aromatic heterocycles. The van der Waals surface area contributed by atoms with E-state index in [1.807, 2.05) is 6.92 Å². The summed E-state index contributed by atoms with van der Waals surface area (Å²) in [6, 6.07) is 6.89. The molecule has 0 spiro atoms. The standard InChI is InChI=1S/C21H32O4/c1-4-7-9-13-17(12-6-3)21(23)25-19-15-11-10-14-18(19)24-20(22)16-8-5-2/h10-11,14-15,17H,4-9,12-13,16H2,1-3H3. The number of carbonyl (C=O) groups excluding carboxylic acids is 2. The zero-order valence-corrected chi connectivity index (χ0v) is 15.9. The number of carbonyl (C=O) groups is 2. The minimum atomic E-state index is -0.293. The third-order valence-corrected chi connectivity index (χ3v) is 4.14. The van der Waals surface area contributed by atoms with Gasteiger partial charge < -0.3 is 9.47 Å². The monoisotopic (exact) mass is 348 g/mol. The van der Waals surface area contributed by atoms with Crippen LogP contribution < -0.4 is 9.47 Å². The first-order valence-electron chi connectivity index (χ1n) is 9.63. The second-order valence-electron chi connectivity index (χ2n) is 6.43. The van der Waals surface area contributed by atoms with Gasteiger partial charge in [0.05, 0.1) is 5.92 Å². The van der Waals surface area contributed by atoms with Crippen LogP contribution in [0, 0.1) is 5.92 Å². The Morgan fingerprint density at radius 2 is 1.48 bits per heavy atom. The third-order valence-electron chi connectivity index (χ3n) is 4.14. The molecule has 0 N–H and O–H groups in total. The van der Waals surface area contributed by atoms with E-state index in [0.717, 1.165) is 51.4 Å².